The van der Waals surface area contributed by atoms with Crippen LogP contribution in [0.5, 0.6) is 11.5 Å². The Morgan fingerprint density at radius 3 is 2.53 bits per heavy atom. The van der Waals surface area contributed by atoms with Crippen molar-refractivity contribution < 1.29 is 22.6 Å². The van der Waals surface area contributed by atoms with Crippen LogP contribution in [-0.2, 0) is 6.42 Å². The van der Waals surface area contributed by atoms with E-state index in [-0.39, 0.29) is 5.75 Å². The third-order valence-electron chi connectivity index (χ3n) is 2.14. The van der Waals surface area contributed by atoms with E-state index in [9.17, 15) is 13.2 Å². The van der Waals surface area contributed by atoms with E-state index in [2.05, 4.69) is 4.74 Å². The van der Waals surface area contributed by atoms with Gasteiger partial charge in [-0.1, -0.05) is 6.07 Å². The van der Waals surface area contributed by atoms with Gasteiger partial charge in [-0.05, 0) is 31.0 Å². The molecule has 0 fully saturated rings. The van der Waals surface area contributed by atoms with Crippen LogP contribution < -0.4 is 15.2 Å². The van der Waals surface area contributed by atoms with Gasteiger partial charge in [0.05, 0.1) is 7.11 Å². The molecule has 0 bridgehead atoms. The van der Waals surface area contributed by atoms with Crippen molar-refractivity contribution in [1.29, 1.82) is 0 Å². The van der Waals surface area contributed by atoms with Crippen LogP contribution in [0.25, 0.3) is 0 Å². The second-order valence-electron chi connectivity index (χ2n) is 3.41. The first kappa shape index (κ1) is 13.6. The van der Waals surface area contributed by atoms with Crippen LogP contribution >= 0.6 is 0 Å². The number of hydrogen-bond acceptors (Lipinski definition) is 3. The number of halogens is 3. The number of hydrogen-bond donors (Lipinski definition) is 1. The normalized spacial score (nSPS) is 11.4. The van der Waals surface area contributed by atoms with Gasteiger partial charge < -0.3 is 15.2 Å². The highest BCUT2D eigenvalue weighted by molar-refractivity contribution is 5.40. The Balaban J connectivity index is 2.84. The molecule has 0 atom stereocenters. The highest BCUT2D eigenvalue weighted by atomic mass is 19.4. The predicted molar refractivity (Wildman–Crippen MR) is 57.1 cm³/mol. The molecule has 1 aromatic carbocycles. The monoisotopic (exact) mass is 249 g/mol. The first-order valence-electron chi connectivity index (χ1n) is 5.09. The van der Waals surface area contributed by atoms with Gasteiger partial charge in [0, 0.05) is 6.07 Å². The summed E-state index contributed by atoms with van der Waals surface area (Å²) >= 11 is 0. The van der Waals surface area contributed by atoms with Crippen LogP contribution in [0, 0.1) is 0 Å². The van der Waals surface area contributed by atoms with Gasteiger partial charge in [0.2, 0.25) is 0 Å². The van der Waals surface area contributed by atoms with E-state index in [4.69, 9.17) is 10.5 Å². The Bertz CT molecular complexity index is 366. The fourth-order valence-electron chi connectivity index (χ4n) is 1.42. The molecular formula is C11H14F3NO2. The van der Waals surface area contributed by atoms with Crippen molar-refractivity contribution in [1.82, 2.24) is 0 Å². The van der Waals surface area contributed by atoms with Gasteiger partial charge >= 0.3 is 6.36 Å². The minimum Gasteiger partial charge on any atom is -0.496 e. The lowest BCUT2D eigenvalue weighted by Gasteiger charge is -2.12. The summed E-state index contributed by atoms with van der Waals surface area (Å²) in [5, 5.41) is 0. The zero-order valence-corrected chi connectivity index (χ0v) is 9.38. The summed E-state index contributed by atoms with van der Waals surface area (Å²) in [7, 11) is 1.40. The number of ether oxygens (including phenoxy) is 2. The van der Waals surface area contributed by atoms with Crippen LogP contribution in [0.1, 0.15) is 12.0 Å². The van der Waals surface area contributed by atoms with E-state index in [0.29, 0.717) is 18.7 Å². The van der Waals surface area contributed by atoms with E-state index in [0.717, 1.165) is 12.0 Å². The number of benzene rings is 1. The summed E-state index contributed by atoms with van der Waals surface area (Å²) < 4.78 is 44.8. The smallest absolute Gasteiger partial charge is 0.496 e. The number of nitrogens with two attached hydrogens (primary N) is 1. The van der Waals surface area contributed by atoms with Crippen molar-refractivity contribution in [3.63, 3.8) is 0 Å². The van der Waals surface area contributed by atoms with E-state index in [1.165, 1.54) is 19.2 Å². The third kappa shape index (κ3) is 4.52. The molecule has 96 valence electrons. The average molecular weight is 249 g/mol. The molecule has 3 nitrogen and oxygen atoms in total. The van der Waals surface area contributed by atoms with Gasteiger partial charge in [0.15, 0.2) is 0 Å². The SMILES string of the molecule is COc1cc(OC(F)(F)F)ccc1CCCN. The molecule has 2 N–H and O–H groups in total. The lowest BCUT2D eigenvalue weighted by atomic mass is 10.1. The van der Waals surface area contributed by atoms with Gasteiger partial charge in [-0.3, -0.25) is 0 Å². The number of methoxy groups -OCH3 is 1. The standard InChI is InChI=1S/C11H14F3NO2/c1-16-10-7-9(17-11(12,13)14)5-4-8(10)3-2-6-15/h4-5,7H,2-3,6,15H2,1H3. The first-order chi connectivity index (χ1) is 7.96. The Hall–Kier alpha value is -1.43. The van der Waals surface area contributed by atoms with Crippen LogP contribution in [0.2, 0.25) is 0 Å². The summed E-state index contributed by atoms with van der Waals surface area (Å²) in [5.74, 6) is 0.0889. The molecular weight excluding hydrogens is 235 g/mol. The topological polar surface area (TPSA) is 44.5 Å². The summed E-state index contributed by atoms with van der Waals surface area (Å²) in [6, 6.07) is 4.04. The molecule has 0 heterocycles. The van der Waals surface area contributed by atoms with Gasteiger partial charge in [-0.15, -0.1) is 13.2 Å². The molecule has 0 aromatic heterocycles. The first-order valence-corrected chi connectivity index (χ1v) is 5.09. The molecule has 6 heteroatoms. The number of aryl methyl sites for hydroxylation is 1. The van der Waals surface area contributed by atoms with Crippen LogP contribution in [0.3, 0.4) is 0 Å². The number of rotatable bonds is 5. The van der Waals surface area contributed by atoms with E-state index in [1.54, 1.807) is 6.07 Å². The molecule has 0 aliphatic rings. The second kappa shape index (κ2) is 5.77. The van der Waals surface area contributed by atoms with E-state index >= 15 is 0 Å². The number of alkyl halides is 3. The average Bonchev–Trinajstić information content (AvgIpc) is 2.25. The quantitative estimate of drug-likeness (QED) is 0.871. The minimum atomic E-state index is -4.69. The molecule has 0 unspecified atom stereocenters. The predicted octanol–water partition coefficient (Wildman–Crippen LogP) is 2.49. The van der Waals surface area contributed by atoms with Crippen molar-refractivity contribution in [2.24, 2.45) is 5.73 Å². The van der Waals surface area contributed by atoms with Crippen LogP contribution in [0.15, 0.2) is 18.2 Å². The van der Waals surface area contributed by atoms with Crippen molar-refractivity contribution >= 4 is 0 Å². The van der Waals surface area contributed by atoms with Crippen LogP contribution in [0.4, 0.5) is 13.2 Å². The van der Waals surface area contributed by atoms with E-state index < -0.39 is 6.36 Å². The summed E-state index contributed by atoms with van der Waals surface area (Å²) in [6.45, 7) is 0.518. The molecule has 0 spiro atoms. The Morgan fingerprint density at radius 2 is 2.00 bits per heavy atom. The Labute approximate surface area is 97.3 Å². The van der Waals surface area contributed by atoms with Crippen molar-refractivity contribution in [3.8, 4) is 11.5 Å². The highest BCUT2D eigenvalue weighted by Gasteiger charge is 2.31. The lowest BCUT2D eigenvalue weighted by molar-refractivity contribution is -0.274. The maximum Gasteiger partial charge on any atom is 0.573 e. The van der Waals surface area contributed by atoms with Crippen molar-refractivity contribution in [2.45, 2.75) is 19.2 Å². The lowest BCUT2D eigenvalue weighted by Crippen LogP contribution is -2.17. The fourth-order valence-corrected chi connectivity index (χ4v) is 1.42. The summed E-state index contributed by atoms with van der Waals surface area (Å²) in [5.41, 5.74) is 6.18. The maximum atomic E-state index is 12.0. The van der Waals surface area contributed by atoms with Crippen LogP contribution in [-0.4, -0.2) is 20.0 Å². The molecule has 0 saturated carbocycles. The molecule has 17 heavy (non-hydrogen) atoms. The van der Waals surface area contributed by atoms with Crippen molar-refractivity contribution in [2.75, 3.05) is 13.7 Å². The van der Waals surface area contributed by atoms with Crippen molar-refractivity contribution in [3.05, 3.63) is 23.8 Å². The highest BCUT2D eigenvalue weighted by Crippen LogP contribution is 2.29. The Morgan fingerprint density at radius 1 is 1.29 bits per heavy atom. The molecule has 0 aliphatic carbocycles. The molecule has 1 rings (SSSR count). The van der Waals surface area contributed by atoms with Gasteiger partial charge in [0.25, 0.3) is 0 Å². The molecule has 0 aliphatic heterocycles. The van der Waals surface area contributed by atoms with Gasteiger partial charge in [-0.25, -0.2) is 0 Å². The third-order valence-corrected chi connectivity index (χ3v) is 2.14. The summed E-state index contributed by atoms with van der Waals surface area (Å²) in [4.78, 5) is 0. The molecule has 0 radical (unpaired) electrons. The fraction of sp³-hybridized carbons (Fsp3) is 0.455. The summed E-state index contributed by atoms with van der Waals surface area (Å²) in [6.07, 6.45) is -3.29. The zero-order valence-electron chi connectivity index (χ0n) is 9.38. The second-order valence-corrected chi connectivity index (χ2v) is 3.41. The molecule has 0 saturated heterocycles. The maximum absolute atomic E-state index is 12.0. The Kier molecular flexibility index (Phi) is 4.62. The van der Waals surface area contributed by atoms with Gasteiger partial charge in [-0.2, -0.15) is 0 Å². The largest absolute Gasteiger partial charge is 0.573 e. The molecule has 0 amide bonds. The molecule has 1 aromatic rings. The minimum absolute atomic E-state index is 0.286. The zero-order chi connectivity index (χ0) is 12.9. The van der Waals surface area contributed by atoms with Gasteiger partial charge in [0.1, 0.15) is 11.5 Å². The van der Waals surface area contributed by atoms with E-state index in [1.807, 2.05) is 0 Å².